The summed E-state index contributed by atoms with van der Waals surface area (Å²) in [6.07, 6.45) is -1.10. The summed E-state index contributed by atoms with van der Waals surface area (Å²) in [6, 6.07) is 10.4. The molecule has 2 aromatic carbocycles. The first-order valence-corrected chi connectivity index (χ1v) is 6.38. The van der Waals surface area contributed by atoms with Crippen molar-refractivity contribution in [3.63, 3.8) is 0 Å². The number of carbonyl (C=O) groups excluding carboxylic acids is 1. The number of ether oxygens (including phenoxy) is 1. The lowest BCUT2D eigenvalue weighted by Gasteiger charge is -2.13. The first-order chi connectivity index (χ1) is 10.0. The van der Waals surface area contributed by atoms with Crippen LogP contribution < -0.4 is 4.74 Å². The van der Waals surface area contributed by atoms with Crippen molar-refractivity contribution in [3.05, 3.63) is 53.6 Å². The number of benzene rings is 2. The van der Waals surface area contributed by atoms with Crippen LogP contribution in [0, 0.1) is 0 Å². The number of aliphatic hydroxyl groups is 1. The maximum atomic E-state index is 12.2. The molecule has 0 bridgehead atoms. The van der Waals surface area contributed by atoms with Gasteiger partial charge in [0.1, 0.15) is 23.4 Å². The molecular weight excluding hydrogens is 272 g/mol. The molecule has 0 aliphatic carbocycles. The highest BCUT2D eigenvalue weighted by molar-refractivity contribution is 6.02. The molecule has 21 heavy (non-hydrogen) atoms. The number of aromatic hydroxyl groups is 2. The summed E-state index contributed by atoms with van der Waals surface area (Å²) in [5.74, 6) is -0.166. The molecule has 2 rings (SSSR count). The summed E-state index contributed by atoms with van der Waals surface area (Å²) < 4.78 is 5.04. The van der Waals surface area contributed by atoms with E-state index in [-0.39, 0.29) is 29.2 Å². The van der Waals surface area contributed by atoms with Crippen LogP contribution in [0.5, 0.6) is 17.2 Å². The van der Waals surface area contributed by atoms with E-state index < -0.39 is 11.9 Å². The van der Waals surface area contributed by atoms with Crippen molar-refractivity contribution in [3.8, 4) is 17.2 Å². The summed E-state index contributed by atoms with van der Waals surface area (Å²) in [5.41, 5.74) is 0.938. The predicted octanol–water partition coefficient (Wildman–Crippen LogP) is 1.89. The first kappa shape index (κ1) is 14.9. The highest BCUT2D eigenvalue weighted by Crippen LogP contribution is 2.25. The van der Waals surface area contributed by atoms with Crippen LogP contribution in [0.25, 0.3) is 0 Å². The van der Waals surface area contributed by atoms with Crippen LogP contribution in [0.15, 0.2) is 42.5 Å². The van der Waals surface area contributed by atoms with Gasteiger partial charge in [0, 0.05) is 12.5 Å². The van der Waals surface area contributed by atoms with Crippen molar-refractivity contribution < 1.29 is 24.9 Å². The molecule has 2 aromatic rings. The number of hydrogen-bond acceptors (Lipinski definition) is 5. The molecule has 0 aliphatic heterocycles. The zero-order valence-corrected chi connectivity index (χ0v) is 11.5. The Labute approximate surface area is 122 Å². The minimum absolute atomic E-state index is 0.0172. The van der Waals surface area contributed by atoms with Gasteiger partial charge in [-0.15, -0.1) is 0 Å². The molecule has 1 atom stereocenters. The van der Waals surface area contributed by atoms with E-state index in [1.165, 1.54) is 37.4 Å². The van der Waals surface area contributed by atoms with Gasteiger partial charge in [-0.25, -0.2) is 0 Å². The van der Waals surface area contributed by atoms with Gasteiger partial charge in [0.25, 0.3) is 0 Å². The van der Waals surface area contributed by atoms with Crippen LogP contribution in [-0.4, -0.2) is 34.3 Å². The lowest BCUT2D eigenvalue weighted by molar-refractivity contribution is 0.0744. The summed E-state index contributed by atoms with van der Waals surface area (Å²) in [6.45, 7) is 0. The highest BCUT2D eigenvalue weighted by atomic mass is 16.5. The van der Waals surface area contributed by atoms with Crippen molar-refractivity contribution in [2.24, 2.45) is 0 Å². The van der Waals surface area contributed by atoms with Gasteiger partial charge in [-0.1, -0.05) is 12.1 Å². The second-order valence-electron chi connectivity index (χ2n) is 4.64. The Morgan fingerprint density at radius 2 is 1.71 bits per heavy atom. The SMILES string of the molecule is COc1cc(O)ccc1C(=O)[C@H](O)Cc1ccc(O)cc1. The Hall–Kier alpha value is -2.53. The standard InChI is InChI=1S/C16H16O5/c1-21-15-9-12(18)6-7-13(15)16(20)14(19)8-10-2-4-11(17)5-3-10/h2-7,9,14,17-19H,8H2,1H3/t14-/m1/s1. The van der Waals surface area contributed by atoms with Gasteiger partial charge in [-0.05, 0) is 29.8 Å². The number of phenolic OH excluding ortho intramolecular Hbond substituents is 2. The number of methoxy groups -OCH3 is 1. The fourth-order valence-corrected chi connectivity index (χ4v) is 2.01. The summed E-state index contributed by atoms with van der Waals surface area (Å²) in [7, 11) is 1.39. The number of rotatable bonds is 5. The van der Waals surface area contributed by atoms with E-state index in [0.29, 0.717) is 0 Å². The fraction of sp³-hybridized carbons (Fsp3) is 0.188. The molecule has 0 aromatic heterocycles. The molecule has 0 spiro atoms. The van der Waals surface area contributed by atoms with E-state index >= 15 is 0 Å². The maximum Gasteiger partial charge on any atom is 0.195 e. The lowest BCUT2D eigenvalue weighted by Crippen LogP contribution is -2.23. The van der Waals surface area contributed by atoms with Crippen LogP contribution in [0.1, 0.15) is 15.9 Å². The predicted molar refractivity (Wildman–Crippen MR) is 76.8 cm³/mol. The third-order valence-electron chi connectivity index (χ3n) is 3.12. The molecule has 0 aliphatic rings. The van der Waals surface area contributed by atoms with E-state index in [9.17, 15) is 20.1 Å². The summed E-state index contributed by atoms with van der Waals surface area (Å²) in [4.78, 5) is 12.2. The van der Waals surface area contributed by atoms with E-state index in [2.05, 4.69) is 0 Å². The monoisotopic (exact) mass is 288 g/mol. The number of phenols is 2. The molecule has 0 unspecified atom stereocenters. The molecule has 5 heteroatoms. The molecule has 0 fully saturated rings. The van der Waals surface area contributed by atoms with Crippen molar-refractivity contribution in [2.45, 2.75) is 12.5 Å². The van der Waals surface area contributed by atoms with Crippen molar-refractivity contribution in [1.29, 1.82) is 0 Å². The smallest absolute Gasteiger partial charge is 0.195 e. The van der Waals surface area contributed by atoms with Gasteiger partial charge < -0.3 is 20.1 Å². The topological polar surface area (TPSA) is 87.0 Å². The summed E-state index contributed by atoms with van der Waals surface area (Å²) in [5, 5.41) is 28.6. The number of hydrogen-bond donors (Lipinski definition) is 3. The quantitative estimate of drug-likeness (QED) is 0.731. The van der Waals surface area contributed by atoms with Gasteiger partial charge in [-0.2, -0.15) is 0 Å². The van der Waals surface area contributed by atoms with Crippen LogP contribution in [0.3, 0.4) is 0 Å². The molecule has 110 valence electrons. The lowest BCUT2D eigenvalue weighted by atomic mass is 9.99. The van der Waals surface area contributed by atoms with Crippen LogP contribution in [-0.2, 0) is 6.42 Å². The minimum Gasteiger partial charge on any atom is -0.508 e. The van der Waals surface area contributed by atoms with Crippen LogP contribution in [0.4, 0.5) is 0 Å². The molecule has 0 saturated carbocycles. The molecule has 5 nitrogen and oxygen atoms in total. The van der Waals surface area contributed by atoms with E-state index in [1.54, 1.807) is 12.1 Å². The maximum absolute atomic E-state index is 12.2. The Morgan fingerprint density at radius 3 is 2.33 bits per heavy atom. The van der Waals surface area contributed by atoms with E-state index in [0.717, 1.165) is 5.56 Å². The third-order valence-corrected chi connectivity index (χ3v) is 3.12. The van der Waals surface area contributed by atoms with Crippen molar-refractivity contribution in [1.82, 2.24) is 0 Å². The molecule has 0 saturated heterocycles. The average molecular weight is 288 g/mol. The van der Waals surface area contributed by atoms with Gasteiger partial charge in [-0.3, -0.25) is 4.79 Å². The van der Waals surface area contributed by atoms with Gasteiger partial charge in [0.15, 0.2) is 5.78 Å². The second kappa shape index (κ2) is 6.28. The Bertz CT molecular complexity index is 634. The Morgan fingerprint density at radius 1 is 1.10 bits per heavy atom. The molecule has 0 heterocycles. The summed E-state index contributed by atoms with van der Waals surface area (Å²) >= 11 is 0. The Kier molecular flexibility index (Phi) is 4.45. The number of Topliss-reactive ketones (excluding diaryl/α,β-unsaturated/α-hetero) is 1. The van der Waals surface area contributed by atoms with Crippen molar-refractivity contribution in [2.75, 3.05) is 7.11 Å². The van der Waals surface area contributed by atoms with Gasteiger partial charge >= 0.3 is 0 Å². The highest BCUT2D eigenvalue weighted by Gasteiger charge is 2.21. The fourth-order valence-electron chi connectivity index (χ4n) is 2.01. The van der Waals surface area contributed by atoms with Gasteiger partial charge in [0.05, 0.1) is 12.7 Å². The second-order valence-corrected chi connectivity index (χ2v) is 4.64. The first-order valence-electron chi connectivity index (χ1n) is 6.38. The molecule has 0 radical (unpaired) electrons. The minimum atomic E-state index is -1.23. The van der Waals surface area contributed by atoms with Crippen LogP contribution in [0.2, 0.25) is 0 Å². The van der Waals surface area contributed by atoms with Crippen LogP contribution >= 0.6 is 0 Å². The van der Waals surface area contributed by atoms with Crippen molar-refractivity contribution >= 4 is 5.78 Å². The molecule has 3 N–H and O–H groups in total. The zero-order chi connectivity index (χ0) is 15.4. The zero-order valence-electron chi connectivity index (χ0n) is 11.5. The molecule has 0 amide bonds. The van der Waals surface area contributed by atoms with Gasteiger partial charge in [0.2, 0.25) is 0 Å². The molecular formula is C16H16O5. The largest absolute Gasteiger partial charge is 0.508 e. The number of carbonyl (C=O) groups is 1. The normalized spacial score (nSPS) is 11.9. The number of ketones is 1. The van der Waals surface area contributed by atoms with E-state index in [1.807, 2.05) is 0 Å². The third kappa shape index (κ3) is 3.52. The van der Waals surface area contributed by atoms with E-state index in [4.69, 9.17) is 4.74 Å². The Balaban J connectivity index is 2.17. The number of aliphatic hydroxyl groups excluding tert-OH is 1. The average Bonchev–Trinajstić information content (AvgIpc) is 2.48.